The maximum atomic E-state index is 9.83. The predicted octanol–water partition coefficient (Wildman–Crippen LogP) is 1.97. The lowest BCUT2D eigenvalue weighted by Gasteiger charge is -2.48. The van der Waals surface area contributed by atoms with Crippen LogP contribution < -0.4 is 15.0 Å². The number of ether oxygens (including phenoxy) is 1. The molecule has 8 nitrogen and oxygen atoms in total. The van der Waals surface area contributed by atoms with Crippen LogP contribution in [0.25, 0.3) is 16.6 Å². The van der Waals surface area contributed by atoms with Crippen molar-refractivity contribution >= 4 is 11.3 Å². The van der Waals surface area contributed by atoms with Crippen LogP contribution in [0.5, 0.6) is 5.75 Å². The molecule has 3 saturated heterocycles. The van der Waals surface area contributed by atoms with Gasteiger partial charge < -0.3 is 20.1 Å². The molecule has 2 bridgehead atoms. The molecule has 0 spiro atoms. The summed E-state index contributed by atoms with van der Waals surface area (Å²) in [5.74, 6) is 1.56. The third-order valence-electron chi connectivity index (χ3n) is 5.93. The zero-order valence-corrected chi connectivity index (χ0v) is 16.8. The number of nitrogens with one attached hydrogen (secondary N) is 1. The van der Waals surface area contributed by atoms with E-state index in [9.17, 15) is 10.4 Å². The number of piperidine rings is 1. The minimum absolute atomic E-state index is 0.205. The number of piperazine rings is 1. The molecule has 3 aliphatic rings. The summed E-state index contributed by atoms with van der Waals surface area (Å²) in [6.07, 6.45) is 6.48. The van der Waals surface area contributed by atoms with E-state index >= 15 is 0 Å². The van der Waals surface area contributed by atoms with E-state index in [0.717, 1.165) is 35.6 Å². The molecule has 30 heavy (non-hydrogen) atoms. The van der Waals surface area contributed by atoms with Crippen molar-refractivity contribution in [3.05, 3.63) is 42.4 Å². The van der Waals surface area contributed by atoms with E-state index in [1.807, 2.05) is 31.3 Å². The molecule has 6 heterocycles. The minimum atomic E-state index is -0.525. The number of hydrogen-bond acceptors (Lipinski definition) is 7. The minimum Gasteiger partial charge on any atom is -0.489 e. The quantitative estimate of drug-likeness (QED) is 0.648. The number of fused-ring (bicyclic) bond motifs is 3. The summed E-state index contributed by atoms with van der Waals surface area (Å²) in [6.45, 7) is 4.08. The summed E-state index contributed by atoms with van der Waals surface area (Å²) >= 11 is 0. The van der Waals surface area contributed by atoms with Gasteiger partial charge in [-0.2, -0.15) is 10.4 Å². The van der Waals surface area contributed by atoms with E-state index in [1.165, 1.54) is 6.42 Å². The standard InChI is InChI=1S/C22H24N6O2/c1-2-18(29)13-30-19-6-20(22-15(7-23)9-25-28(22)12-19)14-3-4-21(24-8-14)27-10-16-5-17(11-27)26-16/h3-4,6,8-9,12,16-18,26,29H,2,5,10-11,13H2,1H3/t16?,17?,18-/m1/s1. The Morgan fingerprint density at radius 1 is 1.33 bits per heavy atom. The van der Waals surface area contributed by atoms with Gasteiger partial charge in [0.15, 0.2) is 0 Å². The van der Waals surface area contributed by atoms with Crippen molar-refractivity contribution in [3.63, 3.8) is 0 Å². The Bertz CT molecular complexity index is 1090. The monoisotopic (exact) mass is 404 g/mol. The molecule has 6 rings (SSSR count). The second-order valence-corrected chi connectivity index (χ2v) is 8.03. The summed E-state index contributed by atoms with van der Waals surface area (Å²) < 4.78 is 7.43. The molecule has 3 aromatic rings. The van der Waals surface area contributed by atoms with Gasteiger partial charge in [-0.1, -0.05) is 6.92 Å². The van der Waals surface area contributed by atoms with Crippen molar-refractivity contribution in [2.24, 2.45) is 0 Å². The summed E-state index contributed by atoms with van der Waals surface area (Å²) in [6, 6.07) is 9.31. The van der Waals surface area contributed by atoms with Crippen LogP contribution >= 0.6 is 0 Å². The van der Waals surface area contributed by atoms with Crippen LogP contribution in [0.3, 0.4) is 0 Å². The van der Waals surface area contributed by atoms with Gasteiger partial charge in [0.05, 0.1) is 29.6 Å². The first-order valence-corrected chi connectivity index (χ1v) is 10.3. The molecule has 3 atom stereocenters. The Morgan fingerprint density at radius 3 is 2.80 bits per heavy atom. The van der Waals surface area contributed by atoms with E-state index in [1.54, 1.807) is 16.9 Å². The van der Waals surface area contributed by atoms with Crippen LogP contribution in [0.1, 0.15) is 25.3 Å². The molecule has 154 valence electrons. The molecule has 2 unspecified atom stereocenters. The number of aromatic nitrogens is 3. The molecule has 0 amide bonds. The maximum Gasteiger partial charge on any atom is 0.138 e. The number of pyridine rings is 2. The summed E-state index contributed by atoms with van der Waals surface area (Å²) in [5, 5.41) is 27.2. The largest absolute Gasteiger partial charge is 0.489 e. The van der Waals surface area contributed by atoms with Crippen LogP contribution in [0.2, 0.25) is 0 Å². The van der Waals surface area contributed by atoms with Crippen molar-refractivity contribution in [3.8, 4) is 22.9 Å². The van der Waals surface area contributed by atoms with E-state index in [0.29, 0.717) is 29.8 Å². The van der Waals surface area contributed by atoms with Crippen LogP contribution in [-0.2, 0) is 0 Å². The fourth-order valence-corrected chi connectivity index (χ4v) is 4.22. The van der Waals surface area contributed by atoms with Crippen molar-refractivity contribution in [1.29, 1.82) is 5.26 Å². The molecule has 0 aromatic carbocycles. The van der Waals surface area contributed by atoms with E-state index in [2.05, 4.69) is 21.4 Å². The first kappa shape index (κ1) is 18.9. The normalized spacial score (nSPS) is 21.2. The highest BCUT2D eigenvalue weighted by atomic mass is 16.5. The highest BCUT2D eigenvalue weighted by Gasteiger charge is 2.36. The molecule has 2 N–H and O–H groups in total. The molecule has 0 saturated carbocycles. The van der Waals surface area contributed by atoms with Gasteiger partial charge in [0.25, 0.3) is 0 Å². The van der Waals surface area contributed by atoms with Crippen molar-refractivity contribution in [2.45, 2.75) is 38.0 Å². The van der Waals surface area contributed by atoms with Gasteiger partial charge in [-0.15, -0.1) is 0 Å². The maximum absolute atomic E-state index is 9.83. The number of hydrogen-bond donors (Lipinski definition) is 2. The van der Waals surface area contributed by atoms with Crippen molar-refractivity contribution in [1.82, 2.24) is 19.9 Å². The highest BCUT2D eigenvalue weighted by Crippen LogP contribution is 2.32. The molecule has 3 aromatic heterocycles. The molecule has 3 aliphatic heterocycles. The van der Waals surface area contributed by atoms with Gasteiger partial charge in [0.2, 0.25) is 0 Å². The Kier molecular flexibility index (Phi) is 4.77. The second-order valence-electron chi connectivity index (χ2n) is 8.03. The second kappa shape index (κ2) is 7.59. The molecule has 8 heteroatoms. The number of nitriles is 1. The number of aliphatic hydroxyl groups is 1. The first-order valence-electron chi connectivity index (χ1n) is 10.3. The van der Waals surface area contributed by atoms with Crippen LogP contribution in [-0.4, -0.2) is 57.6 Å². The van der Waals surface area contributed by atoms with Crippen LogP contribution in [0.15, 0.2) is 36.8 Å². The smallest absolute Gasteiger partial charge is 0.138 e. The topological polar surface area (TPSA) is 98.7 Å². The Morgan fingerprint density at radius 2 is 2.13 bits per heavy atom. The average Bonchev–Trinajstić information content (AvgIpc) is 3.19. The fraction of sp³-hybridized carbons (Fsp3) is 0.409. The van der Waals surface area contributed by atoms with Crippen molar-refractivity contribution < 1.29 is 9.84 Å². The summed E-state index contributed by atoms with van der Waals surface area (Å²) in [4.78, 5) is 7.02. The van der Waals surface area contributed by atoms with E-state index in [-0.39, 0.29) is 6.61 Å². The molecule has 0 radical (unpaired) electrons. The third kappa shape index (κ3) is 3.36. The Hall–Kier alpha value is -3.15. The van der Waals surface area contributed by atoms with Gasteiger partial charge in [0, 0.05) is 42.5 Å². The van der Waals surface area contributed by atoms with Gasteiger partial charge in [0.1, 0.15) is 24.2 Å². The fourth-order valence-electron chi connectivity index (χ4n) is 4.22. The third-order valence-corrected chi connectivity index (χ3v) is 5.93. The molecular formula is C22H24N6O2. The number of nitrogens with zero attached hydrogens (tertiary/aromatic N) is 5. The zero-order chi connectivity index (χ0) is 20.7. The van der Waals surface area contributed by atoms with Gasteiger partial charge in [-0.05, 0) is 31.0 Å². The van der Waals surface area contributed by atoms with E-state index in [4.69, 9.17) is 9.72 Å². The molecule has 3 fully saturated rings. The summed E-state index contributed by atoms with van der Waals surface area (Å²) in [7, 11) is 0. The van der Waals surface area contributed by atoms with Crippen molar-refractivity contribution in [2.75, 3.05) is 24.6 Å². The lowest BCUT2D eigenvalue weighted by Crippen LogP contribution is -2.67. The summed E-state index contributed by atoms with van der Waals surface area (Å²) in [5.41, 5.74) is 2.94. The Labute approximate surface area is 174 Å². The average molecular weight is 404 g/mol. The molecular weight excluding hydrogens is 380 g/mol. The number of anilines is 1. The highest BCUT2D eigenvalue weighted by molar-refractivity contribution is 5.85. The predicted molar refractivity (Wildman–Crippen MR) is 112 cm³/mol. The first-order chi connectivity index (χ1) is 14.6. The van der Waals surface area contributed by atoms with Gasteiger partial charge >= 0.3 is 0 Å². The van der Waals surface area contributed by atoms with Crippen LogP contribution in [0.4, 0.5) is 5.82 Å². The van der Waals surface area contributed by atoms with E-state index < -0.39 is 6.10 Å². The van der Waals surface area contributed by atoms with Gasteiger partial charge in [-0.3, -0.25) is 0 Å². The number of rotatable bonds is 6. The Balaban J connectivity index is 1.48. The zero-order valence-electron chi connectivity index (χ0n) is 16.8. The SMILES string of the molecule is CC[C@@H](O)COc1cc(-c2ccc(N3CC4CC(C3)N4)nc2)c2c(C#N)cnn2c1. The van der Waals surface area contributed by atoms with Gasteiger partial charge in [-0.25, -0.2) is 9.50 Å². The molecule has 0 aliphatic carbocycles. The van der Waals surface area contributed by atoms with Crippen LogP contribution in [0, 0.1) is 11.3 Å². The number of aliphatic hydroxyl groups excluding tert-OH is 1. The lowest BCUT2D eigenvalue weighted by molar-refractivity contribution is 0.104. The lowest BCUT2D eigenvalue weighted by atomic mass is 9.91.